The van der Waals surface area contributed by atoms with Gasteiger partial charge in [-0.3, -0.25) is 33.6 Å². The Labute approximate surface area is 443 Å². The molecule has 4 atom stereocenters. The van der Waals surface area contributed by atoms with Crippen LogP contribution in [0, 0.1) is 29.6 Å². The van der Waals surface area contributed by atoms with Crippen molar-refractivity contribution in [1.82, 2.24) is 45.1 Å². The molecule has 1 aliphatic carbocycles. The molecule has 21 heteroatoms. The molecule has 0 unspecified atom stereocenters. The molecule has 5 amide bonds. The molecular formula is C55H67F3N10O7S. The first-order valence-electron chi connectivity index (χ1n) is 26.0. The number of benzene rings is 2. The van der Waals surface area contributed by atoms with E-state index in [4.69, 9.17) is 9.84 Å². The first kappa shape index (κ1) is 54.3. The van der Waals surface area contributed by atoms with Crippen molar-refractivity contribution in [2.24, 2.45) is 22.7 Å². The number of piperidine rings is 1. The number of aliphatic hydroxyl groups excluding tert-OH is 1. The van der Waals surface area contributed by atoms with E-state index in [1.165, 1.54) is 18.1 Å². The summed E-state index contributed by atoms with van der Waals surface area (Å²) in [7, 11) is 1.43. The minimum Gasteiger partial charge on any atom is -0.494 e. The van der Waals surface area contributed by atoms with E-state index >= 15 is 0 Å². The molecule has 3 aliphatic heterocycles. The summed E-state index contributed by atoms with van der Waals surface area (Å²) in [5.74, 6) is -0.803. The molecule has 6 heterocycles. The fourth-order valence-corrected chi connectivity index (χ4v) is 12.2. The molecule has 17 nitrogen and oxygen atoms in total. The van der Waals surface area contributed by atoms with Crippen LogP contribution in [0.15, 0.2) is 66.3 Å². The number of rotatable bonds is 16. The first-order valence-corrected chi connectivity index (χ1v) is 26.9. The van der Waals surface area contributed by atoms with E-state index in [0.717, 1.165) is 84.4 Å². The lowest BCUT2D eigenvalue weighted by Gasteiger charge is -2.59. The van der Waals surface area contributed by atoms with Crippen molar-refractivity contribution in [2.45, 2.75) is 117 Å². The Morgan fingerprint density at radius 3 is 2.36 bits per heavy atom. The molecule has 0 radical (unpaired) electrons. The van der Waals surface area contributed by atoms with Crippen LogP contribution in [0.2, 0.25) is 0 Å². The van der Waals surface area contributed by atoms with Crippen LogP contribution in [0.4, 0.5) is 18.9 Å². The Hall–Kier alpha value is -6.45. The van der Waals surface area contributed by atoms with Crippen LogP contribution >= 0.6 is 11.3 Å². The highest BCUT2D eigenvalue weighted by Gasteiger charge is 2.54. The van der Waals surface area contributed by atoms with Gasteiger partial charge in [0.05, 0.1) is 53.1 Å². The van der Waals surface area contributed by atoms with Crippen LogP contribution in [0.3, 0.4) is 0 Å². The van der Waals surface area contributed by atoms with Gasteiger partial charge in [0.1, 0.15) is 29.2 Å². The van der Waals surface area contributed by atoms with Gasteiger partial charge in [0.2, 0.25) is 23.6 Å². The van der Waals surface area contributed by atoms with Crippen LogP contribution in [-0.2, 0) is 31.9 Å². The maximum absolute atomic E-state index is 14.3. The van der Waals surface area contributed by atoms with Gasteiger partial charge in [-0.25, -0.2) is 9.97 Å². The van der Waals surface area contributed by atoms with E-state index in [1.807, 2.05) is 80.2 Å². The van der Waals surface area contributed by atoms with Crippen molar-refractivity contribution >= 4 is 57.5 Å². The number of carbonyl (C=O) groups excluding carboxylic acids is 5. The third kappa shape index (κ3) is 12.2. The van der Waals surface area contributed by atoms with Crippen LogP contribution < -0.4 is 20.7 Å². The molecule has 4 N–H and O–H groups in total. The maximum atomic E-state index is 14.3. The summed E-state index contributed by atoms with van der Waals surface area (Å²) in [5, 5.41) is 24.8. The van der Waals surface area contributed by atoms with Crippen LogP contribution in [0.5, 0.6) is 5.75 Å². The maximum Gasteiger partial charge on any atom is 0.433 e. The van der Waals surface area contributed by atoms with Crippen molar-refractivity contribution in [1.29, 1.82) is 0 Å². The molecule has 1 spiro atoms. The number of nitrogens with one attached hydrogen (secondary N) is 3. The van der Waals surface area contributed by atoms with Gasteiger partial charge in [-0.1, -0.05) is 51.1 Å². The van der Waals surface area contributed by atoms with E-state index < -0.39 is 47.3 Å². The summed E-state index contributed by atoms with van der Waals surface area (Å²) < 4.78 is 46.9. The number of hydrogen-bond acceptors (Lipinski definition) is 12. The fourth-order valence-electron chi connectivity index (χ4n) is 11.4. The number of thiazole rings is 1. The number of hydrogen-bond donors (Lipinski definition) is 4. The molecule has 9 rings (SSSR count). The second-order valence-corrected chi connectivity index (χ2v) is 23.3. The highest BCUT2D eigenvalue weighted by molar-refractivity contribution is 7.13. The van der Waals surface area contributed by atoms with Gasteiger partial charge >= 0.3 is 6.18 Å². The van der Waals surface area contributed by atoms with Crippen molar-refractivity contribution in [3.05, 3.63) is 88.9 Å². The summed E-state index contributed by atoms with van der Waals surface area (Å²) in [6.07, 6.45) is 1.08. The fraction of sp³-hybridized carbons (Fsp3) is 0.527. The Bertz CT molecular complexity index is 2950. The van der Waals surface area contributed by atoms with Crippen LogP contribution in [0.25, 0.3) is 21.3 Å². The van der Waals surface area contributed by atoms with E-state index in [2.05, 4.69) is 30.8 Å². The van der Waals surface area contributed by atoms with Crippen molar-refractivity contribution in [3.63, 3.8) is 0 Å². The lowest BCUT2D eigenvalue weighted by molar-refractivity contribution is -0.158. The lowest BCUT2D eigenvalue weighted by Crippen LogP contribution is -2.65. The number of carbonyl (C=O) groups is 5. The van der Waals surface area contributed by atoms with E-state index in [0.29, 0.717) is 43.4 Å². The Balaban J connectivity index is 0.687. The first-order chi connectivity index (χ1) is 36.0. The van der Waals surface area contributed by atoms with Crippen molar-refractivity contribution in [3.8, 4) is 16.2 Å². The molecular weight excluding hydrogens is 1000 g/mol. The molecule has 406 valence electrons. The number of fused-ring (bicyclic) bond motifs is 1. The minimum atomic E-state index is -4.69. The van der Waals surface area contributed by atoms with Gasteiger partial charge in [-0.15, -0.1) is 11.3 Å². The molecule has 0 bridgehead atoms. The number of β-amino-alcohol motifs (C(OH)–C–C–N with tert-alkyl or cyclic N) is 1. The zero-order valence-corrected chi connectivity index (χ0v) is 44.6. The summed E-state index contributed by atoms with van der Waals surface area (Å²) in [6, 6.07) is 12.3. The second-order valence-electron chi connectivity index (χ2n) is 22.5. The number of likely N-dealkylation sites (tertiary alicyclic amines) is 3. The van der Waals surface area contributed by atoms with Crippen LogP contribution in [0.1, 0.15) is 106 Å². The van der Waals surface area contributed by atoms with E-state index in [-0.39, 0.29) is 65.9 Å². The number of anilines is 1. The molecule has 4 fully saturated rings. The highest BCUT2D eigenvalue weighted by atomic mass is 32.1. The average molecular weight is 1070 g/mol. The zero-order chi connectivity index (χ0) is 54.3. The Morgan fingerprint density at radius 2 is 1.70 bits per heavy atom. The predicted molar refractivity (Wildman–Crippen MR) is 280 cm³/mol. The minimum absolute atomic E-state index is 0.00617. The molecule has 76 heavy (non-hydrogen) atoms. The second kappa shape index (κ2) is 21.9. The largest absolute Gasteiger partial charge is 0.494 e. The number of amides is 5. The summed E-state index contributed by atoms with van der Waals surface area (Å²) in [6.45, 7) is 13.5. The Kier molecular flexibility index (Phi) is 15.6. The molecule has 5 aromatic rings. The third-order valence-corrected chi connectivity index (χ3v) is 16.6. The predicted octanol–water partition coefficient (Wildman–Crippen LogP) is 7.24. The topological polar surface area (TPSA) is 204 Å². The molecule has 2 aromatic carbocycles. The SMILES string of the molecule is COc1cc2nn(CCC3CCN(CC(=O)N4CC5(CC(CC(=O)N[C@H](C(=O)N6C[C@H](O)C[C@H]6C(=O)N[C@@H](C)c6ccc(-c7scnc7C)cc6)C(C)(C)C)C5)C4)CC3)cc2cc1NC(=O)c1cccc(C(F)(F)F)n1. The molecule has 3 saturated heterocycles. The van der Waals surface area contributed by atoms with Gasteiger partial charge in [-0.05, 0) is 106 Å². The standard InChI is InChI=1S/C55H67F3N10O7S/c1-32(36-10-12-37(13-11-36)48-33(2)59-31-76-48)60-51(73)43-22-39(69)27-68(43)52(74)49(53(3,4)5)63-46(70)20-35-24-54(25-35)29-66(30-54)47(71)28-65-17-14-34(15-18-65)16-19-67-26-38-21-42(44(75-6)23-41(38)64-67)62-50(72)40-8-7-9-45(61-40)55(56,57)58/h7-13,21,23,26,31-32,34-35,39,43,49,69H,14-20,22,24-25,27-30H2,1-6H3,(H,60,73)(H,62,72)(H,63,70)/t32-,39+,43-,49+/m0/s1. The van der Waals surface area contributed by atoms with Gasteiger partial charge in [0.15, 0.2) is 0 Å². The van der Waals surface area contributed by atoms with Crippen molar-refractivity contribution in [2.75, 3.05) is 51.7 Å². The van der Waals surface area contributed by atoms with E-state index in [1.54, 1.807) is 23.5 Å². The van der Waals surface area contributed by atoms with E-state index in [9.17, 15) is 42.3 Å². The third-order valence-electron chi connectivity index (χ3n) is 15.6. The number of halogens is 3. The molecule has 4 aliphatic rings. The van der Waals surface area contributed by atoms with Crippen LogP contribution in [-0.4, -0.2) is 134 Å². The summed E-state index contributed by atoms with van der Waals surface area (Å²) >= 11 is 1.57. The normalized spacial score (nSPS) is 20.0. The number of nitrogens with zero attached hydrogens (tertiary/aromatic N) is 7. The molecule has 1 saturated carbocycles. The summed E-state index contributed by atoms with van der Waals surface area (Å²) in [4.78, 5) is 82.4. The zero-order valence-electron chi connectivity index (χ0n) is 43.8. The van der Waals surface area contributed by atoms with Gasteiger partial charge < -0.3 is 35.6 Å². The van der Waals surface area contributed by atoms with Gasteiger partial charge in [-0.2, -0.15) is 18.3 Å². The number of aromatic nitrogens is 4. The monoisotopic (exact) mass is 1070 g/mol. The average Bonchev–Trinajstić information content (AvgIpc) is 4.14. The number of aliphatic hydroxyl groups is 1. The lowest BCUT2D eigenvalue weighted by atomic mass is 9.57. The number of alkyl halides is 3. The number of aryl methyl sites for hydroxylation is 2. The summed E-state index contributed by atoms with van der Waals surface area (Å²) in [5.41, 5.74) is 3.44. The quantitative estimate of drug-likeness (QED) is 0.0776. The smallest absolute Gasteiger partial charge is 0.433 e. The van der Waals surface area contributed by atoms with Gasteiger partial charge in [0, 0.05) is 62.1 Å². The van der Waals surface area contributed by atoms with Gasteiger partial charge in [0.25, 0.3) is 5.91 Å². The Morgan fingerprint density at radius 1 is 0.974 bits per heavy atom. The number of ether oxygens (including phenoxy) is 1. The highest BCUT2D eigenvalue weighted by Crippen LogP contribution is 2.53. The number of pyridine rings is 1. The molecule has 3 aromatic heterocycles. The number of methoxy groups -OCH3 is 1. The van der Waals surface area contributed by atoms with Crippen molar-refractivity contribution < 1.29 is 47.0 Å².